The van der Waals surface area contributed by atoms with E-state index in [1.165, 1.54) is 103 Å². The summed E-state index contributed by atoms with van der Waals surface area (Å²) >= 11 is 0. The summed E-state index contributed by atoms with van der Waals surface area (Å²) in [6, 6.07) is 0. The molecule has 13 atom stereocenters. The molecule has 66 heavy (non-hydrogen) atoms. The highest BCUT2D eigenvalue weighted by atomic mass is 31.2. The highest BCUT2D eigenvalue weighted by Crippen LogP contribution is 2.48. The van der Waals surface area contributed by atoms with Crippen molar-refractivity contribution < 1.29 is 87.9 Å². The second kappa shape index (κ2) is 35.7. The van der Waals surface area contributed by atoms with Gasteiger partial charge in [-0.2, -0.15) is 0 Å². The third kappa shape index (κ3) is 24.5. The normalized spacial score (nSPS) is 28.2. The second-order valence-electron chi connectivity index (χ2n) is 18.4. The molecule has 1 aliphatic heterocycles. The number of aliphatic hydroxyl groups excluding tert-OH is 8. The monoisotopic (exact) mass is 973 g/mol. The van der Waals surface area contributed by atoms with Crippen LogP contribution in [0.1, 0.15) is 194 Å². The van der Waals surface area contributed by atoms with Crippen molar-refractivity contribution in [2.45, 2.75) is 267 Å². The highest BCUT2D eigenvalue weighted by Gasteiger charge is 2.55. The fourth-order valence-corrected chi connectivity index (χ4v) is 9.32. The molecule has 1 aliphatic carbocycles. The molecule has 1 saturated heterocycles. The Kier molecular flexibility index (Phi) is 32.9. The van der Waals surface area contributed by atoms with Crippen LogP contribution in [0.5, 0.6) is 0 Å². The van der Waals surface area contributed by atoms with Gasteiger partial charge < -0.3 is 64.7 Å². The first-order chi connectivity index (χ1) is 31.7. The average Bonchev–Trinajstić information content (AvgIpc) is 3.29. The van der Waals surface area contributed by atoms with Crippen LogP contribution in [-0.4, -0.2) is 151 Å². The van der Waals surface area contributed by atoms with Gasteiger partial charge in [-0.15, -0.1) is 0 Å². The van der Waals surface area contributed by atoms with Crippen molar-refractivity contribution in [3.63, 3.8) is 0 Å². The van der Waals surface area contributed by atoms with Gasteiger partial charge in [0.2, 0.25) is 0 Å². The van der Waals surface area contributed by atoms with Gasteiger partial charge in [0, 0.05) is 12.8 Å². The zero-order valence-corrected chi connectivity index (χ0v) is 40.9. The molecule has 1 heterocycles. The van der Waals surface area contributed by atoms with E-state index >= 15 is 0 Å². The van der Waals surface area contributed by atoms with Crippen molar-refractivity contribution in [3.8, 4) is 0 Å². The summed E-state index contributed by atoms with van der Waals surface area (Å²) in [4.78, 5) is 36.5. The Morgan fingerprint density at radius 1 is 0.515 bits per heavy atom. The Balaban J connectivity index is 1.95. The zero-order valence-electron chi connectivity index (χ0n) is 40.0. The topological polar surface area (TPSA) is 289 Å². The largest absolute Gasteiger partial charge is 0.472 e. The van der Waals surface area contributed by atoms with Crippen LogP contribution in [0.3, 0.4) is 0 Å². The van der Waals surface area contributed by atoms with Gasteiger partial charge >= 0.3 is 19.8 Å². The minimum atomic E-state index is -5.37. The van der Waals surface area contributed by atoms with Gasteiger partial charge in [0.1, 0.15) is 67.6 Å². The summed E-state index contributed by atoms with van der Waals surface area (Å²) < 4.78 is 45.4. The van der Waals surface area contributed by atoms with Crippen LogP contribution in [0, 0.1) is 0 Å². The number of phosphoric acid groups is 1. The van der Waals surface area contributed by atoms with Crippen LogP contribution in [0.4, 0.5) is 0 Å². The molecule has 2 aliphatic rings. The van der Waals surface area contributed by atoms with Crippen LogP contribution in [0.2, 0.25) is 0 Å². The van der Waals surface area contributed by atoms with Crippen molar-refractivity contribution >= 4 is 19.8 Å². The summed E-state index contributed by atoms with van der Waals surface area (Å²) in [6.45, 7) is 2.23. The molecule has 0 aromatic heterocycles. The molecule has 0 radical (unpaired) electrons. The highest BCUT2D eigenvalue weighted by molar-refractivity contribution is 7.47. The molecule has 2 fully saturated rings. The molecule has 0 bridgehead atoms. The number of aliphatic hydroxyl groups is 8. The standard InChI is InChI=1S/C47H89O18P/c1-3-5-7-9-11-13-15-17-18-20-22-24-26-28-30-37(50)62-34(32-60-36(49)29-27-25-23-21-19-16-14-12-10-8-6-4-2)33-61-66(58,59)65-46-43(56)41(54)40(53)42(55)45(46)64-47-44(57)39(52)38(51)35(31-48)63-47/h34-35,38-48,51-57H,3-33H2,1-2H3,(H,58,59). The molecule has 0 spiro atoms. The van der Waals surface area contributed by atoms with Gasteiger partial charge in [-0.3, -0.25) is 18.6 Å². The van der Waals surface area contributed by atoms with E-state index in [0.717, 1.165) is 51.4 Å². The number of phosphoric ester groups is 1. The molecule has 0 amide bonds. The minimum absolute atomic E-state index is 0.0396. The summed E-state index contributed by atoms with van der Waals surface area (Å²) in [5.41, 5.74) is 0. The van der Waals surface area contributed by atoms with Crippen molar-refractivity contribution in [1.82, 2.24) is 0 Å². The second-order valence-corrected chi connectivity index (χ2v) is 19.8. The smallest absolute Gasteiger partial charge is 0.462 e. The fraction of sp³-hybridized carbons (Fsp3) is 0.957. The van der Waals surface area contributed by atoms with Gasteiger partial charge in [-0.05, 0) is 12.8 Å². The summed E-state index contributed by atoms with van der Waals surface area (Å²) in [5.74, 6) is -1.21. The number of carbonyl (C=O) groups excluding carboxylic acids is 2. The Morgan fingerprint density at radius 2 is 0.909 bits per heavy atom. The van der Waals surface area contributed by atoms with Gasteiger partial charge in [0.05, 0.1) is 13.2 Å². The van der Waals surface area contributed by atoms with Crippen LogP contribution in [0.25, 0.3) is 0 Å². The fourth-order valence-electron chi connectivity index (χ4n) is 8.35. The van der Waals surface area contributed by atoms with E-state index in [9.17, 15) is 59.9 Å². The van der Waals surface area contributed by atoms with Crippen molar-refractivity contribution in [2.75, 3.05) is 19.8 Å². The predicted molar refractivity (Wildman–Crippen MR) is 245 cm³/mol. The summed E-state index contributed by atoms with van der Waals surface area (Å²) in [5, 5.41) is 82.9. The lowest BCUT2D eigenvalue weighted by Crippen LogP contribution is -2.67. The van der Waals surface area contributed by atoms with Crippen molar-refractivity contribution in [1.29, 1.82) is 0 Å². The SMILES string of the molecule is CCCCCCCCCCCCCCCCC(=O)OC(COC(=O)CCCCCCCCCCCCCC)COP(=O)(O)OC1C(O)C(O)C(O)C(O)C1OC1OC(CO)C(O)C(O)C1O. The quantitative estimate of drug-likeness (QED) is 0.0207. The number of hydrogen-bond donors (Lipinski definition) is 9. The molecule has 390 valence electrons. The number of ether oxygens (including phenoxy) is 4. The first-order valence-corrected chi connectivity index (χ1v) is 26.9. The minimum Gasteiger partial charge on any atom is -0.462 e. The predicted octanol–water partition coefficient (Wildman–Crippen LogP) is 5.55. The first kappa shape index (κ1) is 60.8. The first-order valence-electron chi connectivity index (χ1n) is 25.4. The van der Waals surface area contributed by atoms with Crippen LogP contribution in [0.15, 0.2) is 0 Å². The molecule has 0 aromatic carbocycles. The Bertz CT molecular complexity index is 1300. The molecule has 0 aromatic rings. The van der Waals surface area contributed by atoms with E-state index in [1.807, 2.05) is 0 Å². The van der Waals surface area contributed by atoms with E-state index in [-0.39, 0.29) is 12.8 Å². The molecule has 9 N–H and O–H groups in total. The average molecular weight is 973 g/mol. The van der Waals surface area contributed by atoms with Gasteiger partial charge in [-0.25, -0.2) is 4.57 Å². The van der Waals surface area contributed by atoms with E-state index in [2.05, 4.69) is 13.8 Å². The van der Waals surface area contributed by atoms with Crippen molar-refractivity contribution in [2.24, 2.45) is 0 Å². The van der Waals surface area contributed by atoms with Crippen LogP contribution >= 0.6 is 7.82 Å². The Hall–Kier alpha value is -1.35. The molecule has 19 heteroatoms. The maximum Gasteiger partial charge on any atom is 0.472 e. The third-order valence-corrected chi connectivity index (χ3v) is 13.5. The van der Waals surface area contributed by atoms with Gasteiger partial charge in [0.25, 0.3) is 0 Å². The van der Waals surface area contributed by atoms with Crippen LogP contribution < -0.4 is 0 Å². The number of unbranched alkanes of at least 4 members (excludes halogenated alkanes) is 24. The Morgan fingerprint density at radius 3 is 1.35 bits per heavy atom. The summed E-state index contributed by atoms with van der Waals surface area (Å²) in [6.07, 6.45) is 6.18. The molecule has 13 unspecified atom stereocenters. The Labute approximate surface area is 393 Å². The van der Waals surface area contributed by atoms with E-state index in [4.69, 9.17) is 28.0 Å². The lowest BCUT2D eigenvalue weighted by atomic mass is 9.84. The molecule has 1 saturated carbocycles. The maximum absolute atomic E-state index is 13.4. The lowest BCUT2D eigenvalue weighted by Gasteiger charge is -2.47. The van der Waals surface area contributed by atoms with E-state index < -0.39 is 113 Å². The molecule has 2 rings (SSSR count). The zero-order chi connectivity index (χ0) is 48.7. The number of carbonyl (C=O) groups is 2. The molecule has 18 nitrogen and oxygen atoms in total. The number of rotatable bonds is 39. The number of esters is 2. The molecular formula is C47H89O18P. The van der Waals surface area contributed by atoms with E-state index in [1.54, 1.807) is 0 Å². The van der Waals surface area contributed by atoms with Crippen LogP contribution in [-0.2, 0) is 42.1 Å². The lowest BCUT2D eigenvalue weighted by molar-refractivity contribution is -0.338. The maximum atomic E-state index is 13.4. The van der Waals surface area contributed by atoms with E-state index in [0.29, 0.717) is 12.8 Å². The van der Waals surface area contributed by atoms with Crippen molar-refractivity contribution in [3.05, 3.63) is 0 Å². The molecular weight excluding hydrogens is 883 g/mol. The number of hydrogen-bond acceptors (Lipinski definition) is 17. The van der Waals surface area contributed by atoms with Gasteiger partial charge in [-0.1, -0.05) is 168 Å². The summed E-state index contributed by atoms with van der Waals surface area (Å²) in [7, 11) is -5.37. The van der Waals surface area contributed by atoms with Gasteiger partial charge in [0.15, 0.2) is 12.4 Å². The third-order valence-electron chi connectivity index (χ3n) is 12.6.